The Morgan fingerprint density at radius 3 is 2.17 bits per heavy atom. The first-order chi connectivity index (χ1) is 11.5. The van der Waals surface area contributed by atoms with Gasteiger partial charge >= 0.3 is 0 Å². The molecule has 2 heterocycles. The fourth-order valence-corrected chi connectivity index (χ4v) is 2.85. The van der Waals surface area contributed by atoms with Crippen LogP contribution in [0.2, 0.25) is 10.0 Å². The summed E-state index contributed by atoms with van der Waals surface area (Å²) in [7, 11) is 0. The van der Waals surface area contributed by atoms with Gasteiger partial charge in [0.15, 0.2) is 24.8 Å². The number of aromatic nitrogens is 2. The summed E-state index contributed by atoms with van der Waals surface area (Å²) >= 11 is 12.2. The molecule has 0 aliphatic heterocycles. The summed E-state index contributed by atoms with van der Waals surface area (Å²) < 4.78 is 3.90. The van der Waals surface area contributed by atoms with E-state index in [1.807, 2.05) is 21.5 Å². The predicted octanol–water partition coefficient (Wildman–Crippen LogP) is 1.96. The van der Waals surface area contributed by atoms with Gasteiger partial charge in [-0.15, -0.1) is 0 Å². The highest BCUT2D eigenvalue weighted by Crippen LogP contribution is 2.20. The van der Waals surface area contributed by atoms with Gasteiger partial charge in [0.2, 0.25) is 5.91 Å². The monoisotopic (exact) mass is 368 g/mol. The van der Waals surface area contributed by atoms with Crippen LogP contribution in [0, 0.1) is 0 Å². The Bertz CT molecular complexity index is 725. The van der Waals surface area contributed by atoms with Gasteiger partial charge in [-0.05, 0) is 0 Å². The molecule has 0 saturated carbocycles. The molecule has 0 spiro atoms. The van der Waals surface area contributed by atoms with Crippen molar-refractivity contribution in [1.82, 2.24) is 0 Å². The van der Waals surface area contributed by atoms with E-state index < -0.39 is 5.91 Å². The van der Waals surface area contributed by atoms with E-state index in [-0.39, 0.29) is 0 Å². The molecule has 126 valence electrons. The van der Waals surface area contributed by atoms with Crippen molar-refractivity contribution in [2.75, 3.05) is 0 Å². The predicted molar refractivity (Wildman–Crippen MR) is 90.4 cm³/mol. The number of rotatable bonds is 7. The standard InChI is InChI=1S/C16H16Cl2N4O2/c17-14-10-22(11-15(18)13(14)9-20-24)6-2-1-5-21-7-3-12(4-8-21)16(19)23/h3-4,7-11H,1-2,5-6H2,(H-,19,23)/p+2. The molecule has 0 atom stereocenters. The molecule has 3 N–H and O–H groups in total. The molecule has 2 aromatic rings. The fraction of sp³-hybridized carbons (Fsp3) is 0.250. The molecule has 2 aromatic heterocycles. The first-order valence-electron chi connectivity index (χ1n) is 7.35. The van der Waals surface area contributed by atoms with Crippen molar-refractivity contribution in [3.8, 4) is 0 Å². The number of pyridine rings is 2. The minimum absolute atomic E-state index is 0.428. The Morgan fingerprint density at radius 1 is 1.12 bits per heavy atom. The Balaban J connectivity index is 1.87. The van der Waals surface area contributed by atoms with Gasteiger partial charge in [-0.25, -0.2) is 9.13 Å². The number of halogens is 2. The molecule has 0 fully saturated rings. The molecule has 6 nitrogen and oxygen atoms in total. The van der Waals surface area contributed by atoms with Crippen LogP contribution in [0.1, 0.15) is 28.8 Å². The van der Waals surface area contributed by atoms with Crippen LogP contribution in [0.3, 0.4) is 0 Å². The lowest BCUT2D eigenvalue weighted by atomic mass is 10.2. The van der Waals surface area contributed by atoms with Crippen molar-refractivity contribution in [2.45, 2.75) is 25.9 Å². The summed E-state index contributed by atoms with van der Waals surface area (Å²) in [6.07, 6.45) is 10.3. The van der Waals surface area contributed by atoms with E-state index in [2.05, 4.69) is 5.16 Å². The highest BCUT2D eigenvalue weighted by molar-refractivity contribution is 6.38. The molecule has 0 unspecified atom stereocenters. The topological polar surface area (TPSA) is 83.4 Å². The molecule has 8 heteroatoms. The lowest BCUT2D eigenvalue weighted by Gasteiger charge is -2.02. The van der Waals surface area contributed by atoms with Gasteiger partial charge < -0.3 is 10.9 Å². The van der Waals surface area contributed by atoms with Gasteiger partial charge in [-0.1, -0.05) is 28.4 Å². The third-order valence-corrected chi connectivity index (χ3v) is 4.12. The second-order valence-electron chi connectivity index (χ2n) is 5.25. The number of aryl methyl sites for hydroxylation is 2. The van der Waals surface area contributed by atoms with E-state index in [1.165, 1.54) is 6.21 Å². The number of carbonyl (C=O) groups excluding carboxylic acids is 1. The van der Waals surface area contributed by atoms with Crippen molar-refractivity contribution in [2.24, 2.45) is 10.9 Å². The van der Waals surface area contributed by atoms with Crippen molar-refractivity contribution in [1.29, 1.82) is 0 Å². The van der Waals surface area contributed by atoms with Gasteiger partial charge in [0, 0.05) is 30.5 Å². The number of carbonyl (C=O) groups is 1. The zero-order valence-electron chi connectivity index (χ0n) is 12.9. The molecule has 0 aromatic carbocycles. The summed E-state index contributed by atoms with van der Waals surface area (Å²) in [6, 6.07) is 3.41. The van der Waals surface area contributed by atoms with Crippen LogP contribution in [0.5, 0.6) is 0 Å². The summed E-state index contributed by atoms with van der Waals surface area (Å²) in [4.78, 5) is 11.0. The molecular weight excluding hydrogens is 351 g/mol. The van der Waals surface area contributed by atoms with E-state index in [9.17, 15) is 4.79 Å². The number of nitrogens with two attached hydrogens (primary N) is 1. The minimum atomic E-state index is -0.429. The van der Waals surface area contributed by atoms with E-state index in [1.54, 1.807) is 24.5 Å². The van der Waals surface area contributed by atoms with Crippen LogP contribution >= 0.6 is 23.2 Å². The fourth-order valence-electron chi connectivity index (χ4n) is 2.25. The first-order valence-corrected chi connectivity index (χ1v) is 8.11. The van der Waals surface area contributed by atoms with Crippen LogP contribution in [-0.4, -0.2) is 17.3 Å². The minimum Gasteiger partial charge on any atom is -0.411 e. The Morgan fingerprint density at radius 2 is 1.67 bits per heavy atom. The second-order valence-corrected chi connectivity index (χ2v) is 6.06. The third-order valence-electron chi connectivity index (χ3n) is 3.52. The van der Waals surface area contributed by atoms with E-state index in [4.69, 9.17) is 34.1 Å². The lowest BCUT2D eigenvalue weighted by molar-refractivity contribution is -0.708. The number of hydrogen-bond acceptors (Lipinski definition) is 3. The number of nitrogens with zero attached hydrogens (tertiary/aromatic N) is 3. The number of primary amides is 1. The Kier molecular flexibility index (Phi) is 6.52. The first kappa shape index (κ1) is 18.2. The lowest BCUT2D eigenvalue weighted by Crippen LogP contribution is -2.36. The molecular formula is C16H18Cl2N4O2+2. The molecule has 24 heavy (non-hydrogen) atoms. The van der Waals surface area contributed by atoms with Crippen LogP contribution in [-0.2, 0) is 13.1 Å². The van der Waals surface area contributed by atoms with Gasteiger partial charge in [0.25, 0.3) is 0 Å². The number of amides is 1. The normalized spacial score (nSPS) is 11.1. The Labute approximate surface area is 149 Å². The maximum absolute atomic E-state index is 11.0. The van der Waals surface area contributed by atoms with E-state index >= 15 is 0 Å². The van der Waals surface area contributed by atoms with Gasteiger partial charge in [0.1, 0.15) is 23.1 Å². The van der Waals surface area contributed by atoms with Crippen molar-refractivity contribution < 1.29 is 19.1 Å². The van der Waals surface area contributed by atoms with Crippen molar-refractivity contribution >= 4 is 35.3 Å². The molecule has 0 aliphatic carbocycles. The van der Waals surface area contributed by atoms with Gasteiger partial charge in [-0.3, -0.25) is 4.79 Å². The summed E-state index contributed by atoms with van der Waals surface area (Å²) in [5.41, 5.74) is 6.20. The molecule has 0 aliphatic rings. The van der Waals surface area contributed by atoms with Crippen LogP contribution < -0.4 is 14.9 Å². The summed E-state index contributed by atoms with van der Waals surface area (Å²) in [5.74, 6) is -0.429. The quantitative estimate of drug-likeness (QED) is 0.257. The largest absolute Gasteiger partial charge is 0.411 e. The van der Waals surface area contributed by atoms with E-state index in [0.717, 1.165) is 25.9 Å². The maximum Gasteiger partial charge on any atom is 0.249 e. The van der Waals surface area contributed by atoms with Crippen LogP contribution in [0.25, 0.3) is 0 Å². The highest BCUT2D eigenvalue weighted by Gasteiger charge is 2.13. The van der Waals surface area contributed by atoms with Gasteiger partial charge in [-0.2, -0.15) is 0 Å². The van der Waals surface area contributed by atoms with Crippen molar-refractivity contribution in [3.05, 3.63) is 58.1 Å². The highest BCUT2D eigenvalue weighted by atomic mass is 35.5. The molecule has 2 rings (SSSR count). The third kappa shape index (κ3) is 4.91. The van der Waals surface area contributed by atoms with E-state index in [0.29, 0.717) is 21.2 Å². The van der Waals surface area contributed by atoms with Crippen LogP contribution in [0.15, 0.2) is 42.1 Å². The number of unbranched alkanes of at least 4 members (excludes halogenated alkanes) is 1. The Hall–Kier alpha value is -2.18. The molecule has 0 radical (unpaired) electrons. The molecule has 0 bridgehead atoms. The summed E-state index contributed by atoms with van der Waals surface area (Å²) in [5, 5.41) is 12.4. The summed E-state index contributed by atoms with van der Waals surface area (Å²) in [6.45, 7) is 1.59. The van der Waals surface area contributed by atoms with Gasteiger partial charge in [0.05, 0.1) is 11.8 Å². The number of oxime groups is 1. The second kappa shape index (κ2) is 8.61. The number of hydrogen-bond donors (Lipinski definition) is 2. The van der Waals surface area contributed by atoms with Crippen LogP contribution in [0.4, 0.5) is 0 Å². The SMILES string of the molecule is NC(=O)c1cc[n+](CCCC[n+]2cc(Cl)c(/C=N/O)c(Cl)c2)cc1. The molecule has 0 saturated heterocycles. The molecule has 1 amide bonds. The zero-order valence-corrected chi connectivity index (χ0v) is 14.4. The smallest absolute Gasteiger partial charge is 0.249 e. The van der Waals surface area contributed by atoms with Crippen molar-refractivity contribution in [3.63, 3.8) is 0 Å². The maximum atomic E-state index is 11.0. The average Bonchev–Trinajstić information content (AvgIpc) is 2.55. The average molecular weight is 369 g/mol. The zero-order chi connectivity index (χ0) is 17.5.